The van der Waals surface area contributed by atoms with E-state index in [2.05, 4.69) is 0 Å². The van der Waals surface area contributed by atoms with Gasteiger partial charge in [-0.25, -0.2) is 0 Å². The molecule has 0 radical (unpaired) electrons. The second kappa shape index (κ2) is 6.34. The largest absolute Gasteiger partial charge is 0.158 e. The number of halogens is 3. The second-order valence-corrected chi connectivity index (χ2v) is 3.96. The zero-order chi connectivity index (χ0) is 6.41. The van der Waals surface area contributed by atoms with Crippen LogP contribution in [0.4, 0.5) is 0 Å². The molecule has 0 saturated heterocycles. The molecule has 0 aromatic heterocycles. The third-order valence-corrected chi connectivity index (χ3v) is 2.61. The lowest BCUT2D eigenvalue weighted by molar-refractivity contribution is 1.39. The van der Waals surface area contributed by atoms with Crippen molar-refractivity contribution < 1.29 is 0 Å². The maximum atomic E-state index is 5.42. The van der Waals surface area contributed by atoms with E-state index in [0.717, 1.165) is 11.5 Å². The summed E-state index contributed by atoms with van der Waals surface area (Å²) >= 11 is 17.9. The first-order chi connectivity index (χ1) is 3.77. The molecule has 0 bridgehead atoms. The Morgan fingerprint density at radius 1 is 1.38 bits per heavy atom. The highest BCUT2D eigenvalue weighted by Crippen LogP contribution is 2.10. The van der Waals surface area contributed by atoms with Gasteiger partial charge in [-0.2, -0.15) is 11.8 Å². The molecule has 0 heterocycles. The first-order valence-electron chi connectivity index (χ1n) is 2.19. The average Bonchev–Trinajstić information content (AvgIpc) is 1.66. The van der Waals surface area contributed by atoms with Gasteiger partial charge in [-0.1, -0.05) is 0 Å². The molecule has 0 fully saturated rings. The zero-order valence-electron chi connectivity index (χ0n) is 4.24. The van der Waals surface area contributed by atoms with Crippen LogP contribution >= 0.6 is 46.6 Å². The quantitative estimate of drug-likeness (QED) is 0.489. The Morgan fingerprint density at radius 3 is 2.38 bits per heavy atom. The molecule has 8 heavy (non-hydrogen) atoms. The molecule has 0 rings (SSSR count). The van der Waals surface area contributed by atoms with Crippen molar-refractivity contribution in [1.29, 1.82) is 0 Å². The van der Waals surface area contributed by atoms with Gasteiger partial charge in [0.15, 0.2) is 0 Å². The molecular formula is C4H7Cl3S. The van der Waals surface area contributed by atoms with Crippen LogP contribution in [0.5, 0.6) is 0 Å². The Balaban J connectivity index is 2.72. The van der Waals surface area contributed by atoms with Crippen LogP contribution in [0.1, 0.15) is 0 Å². The van der Waals surface area contributed by atoms with Crippen molar-refractivity contribution in [1.82, 2.24) is 0 Å². The lowest BCUT2D eigenvalue weighted by Crippen LogP contribution is -1.92. The molecule has 0 N–H and O–H groups in total. The van der Waals surface area contributed by atoms with Gasteiger partial charge in [0.2, 0.25) is 0 Å². The van der Waals surface area contributed by atoms with Gasteiger partial charge in [0, 0.05) is 17.4 Å². The predicted octanol–water partition coefficient (Wildman–Crippen LogP) is 2.76. The fraction of sp³-hybridized carbons (Fsp3) is 1.00. The first-order valence-corrected chi connectivity index (χ1v) is 4.75. The summed E-state index contributed by atoms with van der Waals surface area (Å²) in [6, 6.07) is 0. The summed E-state index contributed by atoms with van der Waals surface area (Å²) in [5.41, 5.74) is 0. The minimum absolute atomic E-state index is 0.247. The van der Waals surface area contributed by atoms with Gasteiger partial charge >= 0.3 is 0 Å². The maximum Gasteiger partial charge on any atom is 0.116 e. The van der Waals surface area contributed by atoms with Crippen molar-refractivity contribution in [3.05, 3.63) is 0 Å². The van der Waals surface area contributed by atoms with E-state index in [1.54, 1.807) is 11.8 Å². The van der Waals surface area contributed by atoms with Crippen LogP contribution in [0.2, 0.25) is 0 Å². The molecule has 0 spiro atoms. The van der Waals surface area contributed by atoms with Crippen molar-refractivity contribution in [2.75, 3.05) is 17.4 Å². The predicted molar refractivity (Wildman–Crippen MR) is 43.5 cm³/mol. The van der Waals surface area contributed by atoms with Crippen LogP contribution < -0.4 is 0 Å². The summed E-state index contributed by atoms with van der Waals surface area (Å²) in [6.45, 7) is 0. The van der Waals surface area contributed by atoms with E-state index in [1.807, 2.05) is 0 Å². The summed E-state index contributed by atoms with van der Waals surface area (Å²) in [6.07, 6.45) is 0. The van der Waals surface area contributed by atoms with Crippen molar-refractivity contribution in [2.45, 2.75) is 4.84 Å². The van der Waals surface area contributed by atoms with Crippen molar-refractivity contribution >= 4 is 46.6 Å². The normalized spacial score (nSPS) is 10.5. The molecule has 0 aliphatic rings. The SMILES string of the molecule is ClCCSCC(Cl)Cl. The monoisotopic (exact) mass is 192 g/mol. The Kier molecular flexibility index (Phi) is 7.31. The highest BCUT2D eigenvalue weighted by Gasteiger charge is 1.95. The van der Waals surface area contributed by atoms with E-state index in [4.69, 9.17) is 34.8 Å². The van der Waals surface area contributed by atoms with E-state index in [1.165, 1.54) is 0 Å². The molecule has 50 valence electrons. The molecular weight excluding hydrogens is 186 g/mol. The highest BCUT2D eigenvalue weighted by molar-refractivity contribution is 7.99. The number of hydrogen-bond acceptors (Lipinski definition) is 1. The molecule has 0 unspecified atom stereocenters. The molecule has 0 aliphatic heterocycles. The lowest BCUT2D eigenvalue weighted by atomic mass is 10.9. The van der Waals surface area contributed by atoms with E-state index in [-0.39, 0.29) is 4.84 Å². The van der Waals surface area contributed by atoms with Crippen LogP contribution in [0, 0.1) is 0 Å². The fourth-order valence-corrected chi connectivity index (χ4v) is 1.54. The Bertz CT molecular complexity index is 48.5. The molecule has 0 saturated carbocycles. The van der Waals surface area contributed by atoms with Gasteiger partial charge < -0.3 is 0 Å². The maximum absolute atomic E-state index is 5.42. The van der Waals surface area contributed by atoms with E-state index >= 15 is 0 Å². The molecule has 0 amide bonds. The van der Waals surface area contributed by atoms with E-state index in [9.17, 15) is 0 Å². The third-order valence-electron chi connectivity index (χ3n) is 0.465. The average molecular weight is 194 g/mol. The van der Waals surface area contributed by atoms with E-state index < -0.39 is 0 Å². The fourth-order valence-electron chi connectivity index (χ4n) is 0.227. The van der Waals surface area contributed by atoms with Gasteiger partial charge in [0.25, 0.3) is 0 Å². The van der Waals surface area contributed by atoms with Crippen LogP contribution in [0.15, 0.2) is 0 Å². The summed E-state index contributed by atoms with van der Waals surface area (Å²) < 4.78 is 0. The van der Waals surface area contributed by atoms with Gasteiger partial charge in [0.05, 0.1) is 0 Å². The van der Waals surface area contributed by atoms with Gasteiger partial charge in [0.1, 0.15) is 4.84 Å². The van der Waals surface area contributed by atoms with Crippen molar-refractivity contribution in [2.24, 2.45) is 0 Å². The molecule has 4 heteroatoms. The Labute approximate surface area is 68.9 Å². The standard InChI is InChI=1S/C4H7Cl3S/c5-1-2-8-3-4(6)7/h4H,1-3H2. The third kappa shape index (κ3) is 7.22. The van der Waals surface area contributed by atoms with Crippen LogP contribution in [-0.4, -0.2) is 22.2 Å². The number of hydrogen-bond donors (Lipinski definition) is 0. The minimum Gasteiger partial charge on any atom is -0.158 e. The summed E-state index contributed by atoms with van der Waals surface area (Å²) in [7, 11) is 0. The zero-order valence-corrected chi connectivity index (χ0v) is 7.33. The topological polar surface area (TPSA) is 0 Å². The number of thioether (sulfide) groups is 1. The smallest absolute Gasteiger partial charge is 0.116 e. The summed E-state index contributed by atoms with van der Waals surface area (Å²) in [4.78, 5) is -0.247. The van der Waals surface area contributed by atoms with Crippen molar-refractivity contribution in [3.8, 4) is 0 Å². The molecule has 0 aliphatic carbocycles. The molecule has 0 aromatic carbocycles. The summed E-state index contributed by atoms with van der Waals surface area (Å²) in [5, 5.41) is 0. The van der Waals surface area contributed by atoms with Crippen LogP contribution in [-0.2, 0) is 0 Å². The minimum atomic E-state index is -0.247. The Morgan fingerprint density at radius 2 is 2.00 bits per heavy atom. The lowest BCUT2D eigenvalue weighted by Gasteiger charge is -1.96. The Hall–Kier alpha value is 1.22. The van der Waals surface area contributed by atoms with Gasteiger partial charge in [-0.05, 0) is 0 Å². The number of rotatable bonds is 4. The first kappa shape index (κ1) is 9.22. The molecule has 0 nitrogen and oxygen atoms in total. The highest BCUT2D eigenvalue weighted by atomic mass is 35.5. The summed E-state index contributed by atoms with van der Waals surface area (Å²) in [5.74, 6) is 2.37. The van der Waals surface area contributed by atoms with Crippen LogP contribution in [0.3, 0.4) is 0 Å². The van der Waals surface area contributed by atoms with Crippen molar-refractivity contribution in [3.63, 3.8) is 0 Å². The van der Waals surface area contributed by atoms with Crippen LogP contribution in [0.25, 0.3) is 0 Å². The second-order valence-electron chi connectivity index (χ2n) is 1.15. The van der Waals surface area contributed by atoms with E-state index in [0.29, 0.717) is 5.88 Å². The number of alkyl halides is 3. The molecule has 0 aromatic rings. The van der Waals surface area contributed by atoms with Gasteiger partial charge in [-0.15, -0.1) is 34.8 Å². The van der Waals surface area contributed by atoms with Gasteiger partial charge in [-0.3, -0.25) is 0 Å². The molecule has 0 atom stereocenters.